The smallest absolute Gasteiger partial charge is 0.242 e. The maximum absolute atomic E-state index is 13.4. The van der Waals surface area contributed by atoms with E-state index in [1.807, 2.05) is 38.1 Å². The molecule has 0 bridgehead atoms. The van der Waals surface area contributed by atoms with Crippen molar-refractivity contribution in [1.29, 1.82) is 0 Å². The van der Waals surface area contributed by atoms with Crippen LogP contribution in [0.3, 0.4) is 0 Å². The molecule has 8 nitrogen and oxygen atoms in total. The van der Waals surface area contributed by atoms with Crippen molar-refractivity contribution in [3.63, 3.8) is 0 Å². The van der Waals surface area contributed by atoms with Crippen molar-refractivity contribution in [3.8, 4) is 5.75 Å². The first-order chi connectivity index (χ1) is 17.1. The third-order valence-electron chi connectivity index (χ3n) is 5.67. The van der Waals surface area contributed by atoms with Gasteiger partial charge in [-0.3, -0.25) is 13.9 Å². The molecule has 10 heteroatoms. The summed E-state index contributed by atoms with van der Waals surface area (Å²) in [6.45, 7) is 4.70. The summed E-state index contributed by atoms with van der Waals surface area (Å²) in [5.74, 6) is 0.233. The average molecular weight is 538 g/mol. The van der Waals surface area contributed by atoms with Gasteiger partial charge in [0.25, 0.3) is 0 Å². The lowest BCUT2D eigenvalue weighted by atomic mass is 10.1. The molecule has 0 aliphatic rings. The highest BCUT2D eigenvalue weighted by atomic mass is 35.5. The maximum Gasteiger partial charge on any atom is 0.242 e. The summed E-state index contributed by atoms with van der Waals surface area (Å²) in [5, 5.41) is 3.31. The van der Waals surface area contributed by atoms with Gasteiger partial charge in [-0.1, -0.05) is 43.6 Å². The molecule has 0 spiro atoms. The Balaban J connectivity index is 2.22. The van der Waals surface area contributed by atoms with E-state index in [1.54, 1.807) is 36.3 Å². The number of hydrogen-bond donors (Lipinski definition) is 1. The Morgan fingerprint density at radius 2 is 1.83 bits per heavy atom. The van der Waals surface area contributed by atoms with Gasteiger partial charge in [0.2, 0.25) is 21.8 Å². The van der Waals surface area contributed by atoms with E-state index in [4.69, 9.17) is 16.3 Å². The highest BCUT2D eigenvalue weighted by Crippen LogP contribution is 2.23. The van der Waals surface area contributed by atoms with Crippen LogP contribution in [0, 0.1) is 0 Å². The summed E-state index contributed by atoms with van der Waals surface area (Å²) >= 11 is 6.05. The number of methoxy groups -OCH3 is 1. The predicted molar refractivity (Wildman–Crippen MR) is 144 cm³/mol. The van der Waals surface area contributed by atoms with Crippen molar-refractivity contribution in [2.75, 3.05) is 30.8 Å². The number of amides is 2. The zero-order chi connectivity index (χ0) is 26.7. The fraction of sp³-hybridized carbons (Fsp3) is 0.462. The number of halogens is 1. The van der Waals surface area contributed by atoms with E-state index in [0.29, 0.717) is 29.4 Å². The van der Waals surface area contributed by atoms with Gasteiger partial charge in [0.05, 0.1) is 19.1 Å². The number of benzene rings is 2. The van der Waals surface area contributed by atoms with E-state index in [9.17, 15) is 18.0 Å². The number of ether oxygens (including phenoxy) is 1. The Hall–Kier alpha value is -2.78. The molecule has 36 heavy (non-hydrogen) atoms. The van der Waals surface area contributed by atoms with Crippen molar-refractivity contribution in [3.05, 3.63) is 59.1 Å². The number of carbonyl (C=O) groups excluding carboxylic acids is 2. The molecule has 0 unspecified atom stereocenters. The van der Waals surface area contributed by atoms with Crippen LogP contribution in [0.25, 0.3) is 0 Å². The predicted octanol–water partition coefficient (Wildman–Crippen LogP) is 4.23. The molecule has 2 amide bonds. The third-order valence-corrected chi connectivity index (χ3v) is 7.10. The molecule has 198 valence electrons. The van der Waals surface area contributed by atoms with Crippen molar-refractivity contribution >= 4 is 39.1 Å². The molecule has 0 radical (unpaired) electrons. The standard InChI is InChI=1S/C26H36ClN3O5S/c1-5-15-28-26(32)24(6-2)29(19-20-10-7-13-23(17-20)35-3)25(31)14-9-16-30(36(4,33)34)22-12-8-11-21(27)18-22/h7-8,10-13,17-18,24H,5-6,9,14-16,19H2,1-4H3,(H,28,32)/t24-/m0/s1. The zero-order valence-corrected chi connectivity index (χ0v) is 22.9. The molecule has 0 aliphatic heterocycles. The van der Waals surface area contributed by atoms with Gasteiger partial charge in [0.1, 0.15) is 11.8 Å². The van der Waals surface area contributed by atoms with Gasteiger partial charge in [-0.05, 0) is 55.2 Å². The van der Waals surface area contributed by atoms with Crippen molar-refractivity contribution in [2.24, 2.45) is 0 Å². The number of hydrogen-bond acceptors (Lipinski definition) is 5. The largest absolute Gasteiger partial charge is 0.497 e. The van der Waals surface area contributed by atoms with Crippen LogP contribution >= 0.6 is 11.6 Å². The summed E-state index contributed by atoms with van der Waals surface area (Å²) in [4.78, 5) is 27.9. The van der Waals surface area contributed by atoms with Crippen molar-refractivity contribution < 1.29 is 22.7 Å². The molecule has 0 aromatic heterocycles. The number of rotatable bonds is 14. The topological polar surface area (TPSA) is 96.0 Å². The number of nitrogens with one attached hydrogen (secondary N) is 1. The molecular formula is C26H36ClN3O5S. The quantitative estimate of drug-likeness (QED) is 0.389. The summed E-state index contributed by atoms with van der Waals surface area (Å²) in [5.41, 5.74) is 1.28. The molecule has 0 aliphatic carbocycles. The minimum Gasteiger partial charge on any atom is -0.497 e. The van der Waals surface area contributed by atoms with E-state index in [2.05, 4.69) is 5.32 Å². The molecule has 2 aromatic rings. The van der Waals surface area contributed by atoms with Gasteiger partial charge in [0, 0.05) is 31.1 Å². The van der Waals surface area contributed by atoms with Gasteiger partial charge in [-0.15, -0.1) is 0 Å². The molecule has 1 N–H and O–H groups in total. The second-order valence-corrected chi connectivity index (χ2v) is 10.9. The van der Waals surface area contributed by atoms with Gasteiger partial charge >= 0.3 is 0 Å². The second-order valence-electron chi connectivity index (χ2n) is 8.51. The average Bonchev–Trinajstić information content (AvgIpc) is 2.84. The number of carbonyl (C=O) groups is 2. The van der Waals surface area contributed by atoms with Crippen LogP contribution in [0.2, 0.25) is 5.02 Å². The molecule has 0 saturated heterocycles. The molecule has 2 rings (SSSR count). The highest BCUT2D eigenvalue weighted by molar-refractivity contribution is 7.92. The molecule has 2 aromatic carbocycles. The van der Waals surface area contributed by atoms with Crippen molar-refractivity contribution in [2.45, 2.75) is 52.1 Å². The van der Waals surface area contributed by atoms with Crippen LogP contribution in [0.1, 0.15) is 45.1 Å². The van der Waals surface area contributed by atoms with Crippen LogP contribution in [-0.2, 0) is 26.2 Å². The van der Waals surface area contributed by atoms with Crippen LogP contribution in [-0.4, -0.2) is 57.6 Å². The molecule has 0 heterocycles. The minimum atomic E-state index is -3.58. The molecular weight excluding hydrogens is 502 g/mol. The van der Waals surface area contributed by atoms with E-state index < -0.39 is 16.1 Å². The van der Waals surface area contributed by atoms with Crippen LogP contribution in [0.4, 0.5) is 5.69 Å². The van der Waals surface area contributed by atoms with E-state index in [0.717, 1.165) is 18.2 Å². The molecule has 0 fully saturated rings. The Kier molecular flexibility index (Phi) is 11.5. The fourth-order valence-corrected chi connectivity index (χ4v) is 5.03. The van der Waals surface area contributed by atoms with E-state index in [1.165, 1.54) is 4.31 Å². The lowest BCUT2D eigenvalue weighted by Crippen LogP contribution is -2.49. The van der Waals surface area contributed by atoms with Gasteiger partial charge in [-0.25, -0.2) is 8.42 Å². The van der Waals surface area contributed by atoms with Crippen LogP contribution in [0.15, 0.2) is 48.5 Å². The van der Waals surface area contributed by atoms with Gasteiger partial charge in [0.15, 0.2) is 0 Å². The minimum absolute atomic E-state index is 0.0775. The van der Waals surface area contributed by atoms with E-state index in [-0.39, 0.29) is 37.7 Å². The monoisotopic (exact) mass is 537 g/mol. The first-order valence-corrected chi connectivity index (χ1v) is 14.3. The summed E-state index contributed by atoms with van der Waals surface area (Å²) < 4.78 is 31.4. The Labute approximate surface area is 219 Å². The SMILES string of the molecule is CCCNC(=O)[C@H](CC)N(Cc1cccc(OC)c1)C(=O)CCCN(c1cccc(Cl)c1)S(C)(=O)=O. The first-order valence-electron chi connectivity index (χ1n) is 12.0. The molecule has 1 atom stereocenters. The summed E-state index contributed by atoms with van der Waals surface area (Å²) in [7, 11) is -2.01. The van der Waals surface area contributed by atoms with Crippen molar-refractivity contribution in [1.82, 2.24) is 10.2 Å². The maximum atomic E-state index is 13.4. The molecule has 0 saturated carbocycles. The lowest BCUT2D eigenvalue weighted by molar-refractivity contribution is -0.141. The lowest BCUT2D eigenvalue weighted by Gasteiger charge is -2.31. The Morgan fingerprint density at radius 1 is 1.11 bits per heavy atom. The zero-order valence-electron chi connectivity index (χ0n) is 21.4. The van der Waals surface area contributed by atoms with E-state index >= 15 is 0 Å². The fourth-order valence-electron chi connectivity index (χ4n) is 3.89. The third kappa shape index (κ3) is 8.71. The summed E-state index contributed by atoms with van der Waals surface area (Å²) in [6, 6.07) is 13.3. The number of nitrogens with zero attached hydrogens (tertiary/aromatic N) is 2. The second kappa shape index (κ2) is 14.1. The Morgan fingerprint density at radius 3 is 2.44 bits per heavy atom. The van der Waals surface area contributed by atoms with Gasteiger partial charge in [-0.2, -0.15) is 0 Å². The van der Waals surface area contributed by atoms with Crippen LogP contribution in [0.5, 0.6) is 5.75 Å². The van der Waals surface area contributed by atoms with Gasteiger partial charge < -0.3 is 15.0 Å². The first kappa shape index (κ1) is 29.5. The number of anilines is 1. The highest BCUT2D eigenvalue weighted by Gasteiger charge is 2.28. The summed E-state index contributed by atoms with van der Waals surface area (Å²) in [6.07, 6.45) is 2.71. The normalized spacial score (nSPS) is 12.0. The Bertz CT molecular complexity index is 1130. The number of sulfonamides is 1. The van der Waals surface area contributed by atoms with Crippen LogP contribution < -0.4 is 14.4 Å².